The number of nitrogens with one attached hydrogen (secondary N) is 1. The summed E-state index contributed by atoms with van der Waals surface area (Å²) in [6.45, 7) is 0.956. The highest BCUT2D eigenvalue weighted by Crippen LogP contribution is 1.85. The van der Waals surface area contributed by atoms with Crippen LogP contribution >= 0.6 is 0 Å². The average molecular weight is 184 g/mol. The second-order valence-electron chi connectivity index (χ2n) is 2.39. The molecule has 6 nitrogen and oxygen atoms in total. The van der Waals surface area contributed by atoms with Crippen molar-refractivity contribution in [2.75, 3.05) is 0 Å². The van der Waals surface area contributed by atoms with Gasteiger partial charge < -0.3 is 4.74 Å². The van der Waals surface area contributed by atoms with Gasteiger partial charge >= 0.3 is 11.9 Å². The molecule has 1 rings (SSSR count). The van der Waals surface area contributed by atoms with Crippen LogP contribution in [-0.4, -0.2) is 21.7 Å². The van der Waals surface area contributed by atoms with Crippen molar-refractivity contribution in [1.82, 2.24) is 9.78 Å². The number of H-pyrrole nitrogens is 1. The fourth-order valence-electron chi connectivity index (χ4n) is 0.798. The van der Waals surface area contributed by atoms with Crippen molar-refractivity contribution >= 4 is 11.9 Å². The maximum atomic E-state index is 10.8. The minimum Gasteiger partial charge on any atom is -0.392 e. The predicted molar refractivity (Wildman–Crippen MR) is 41.8 cm³/mol. The highest BCUT2D eigenvalue weighted by molar-refractivity contribution is 5.83. The monoisotopic (exact) mass is 184 g/mol. The molecule has 0 saturated carbocycles. The van der Waals surface area contributed by atoms with E-state index in [2.05, 4.69) is 9.84 Å². The number of hydrogen-bond acceptors (Lipinski definition) is 4. The van der Waals surface area contributed by atoms with Crippen LogP contribution in [0.5, 0.6) is 0 Å². The van der Waals surface area contributed by atoms with Gasteiger partial charge in [0.2, 0.25) is 0 Å². The number of carbonyl (C=O) groups excluding carboxylic acids is 2. The molecule has 0 unspecified atom stereocenters. The minimum atomic E-state index is -0.709. The van der Waals surface area contributed by atoms with Gasteiger partial charge in [0.25, 0.3) is 5.56 Å². The zero-order valence-electron chi connectivity index (χ0n) is 6.94. The standard InChI is InChI=1S/C7H8N2O4/c1-5(10)13-7(12)4-9-3-2-6(11)8-9/h2-3H,4H2,1H3,(H,8,11). The molecule has 0 aliphatic carbocycles. The molecule has 0 atom stereocenters. The van der Waals surface area contributed by atoms with Crippen molar-refractivity contribution in [3.63, 3.8) is 0 Å². The minimum absolute atomic E-state index is 0.179. The maximum absolute atomic E-state index is 10.8. The quantitative estimate of drug-likeness (QED) is 0.485. The third kappa shape index (κ3) is 2.94. The molecule has 0 aromatic carbocycles. The van der Waals surface area contributed by atoms with Crippen LogP contribution in [-0.2, 0) is 20.9 Å². The van der Waals surface area contributed by atoms with Crippen LogP contribution in [0.4, 0.5) is 0 Å². The summed E-state index contributed by atoms with van der Waals surface area (Å²) >= 11 is 0. The molecule has 1 aromatic rings. The first-order valence-corrected chi connectivity index (χ1v) is 3.54. The second kappa shape index (κ2) is 3.70. The van der Waals surface area contributed by atoms with Crippen molar-refractivity contribution in [2.24, 2.45) is 0 Å². The molecule has 70 valence electrons. The summed E-state index contributed by atoms with van der Waals surface area (Å²) in [6, 6.07) is 1.26. The lowest BCUT2D eigenvalue weighted by Gasteiger charge is -1.99. The van der Waals surface area contributed by atoms with Crippen LogP contribution in [0.2, 0.25) is 0 Å². The van der Waals surface area contributed by atoms with E-state index in [1.807, 2.05) is 0 Å². The van der Waals surface area contributed by atoms with Crippen LogP contribution in [0.25, 0.3) is 0 Å². The van der Waals surface area contributed by atoms with Gasteiger partial charge in [0.1, 0.15) is 6.54 Å². The molecular weight excluding hydrogens is 176 g/mol. The first-order valence-electron chi connectivity index (χ1n) is 3.54. The van der Waals surface area contributed by atoms with E-state index in [1.54, 1.807) is 0 Å². The lowest BCUT2D eigenvalue weighted by Crippen LogP contribution is -2.17. The number of ether oxygens (including phenoxy) is 1. The third-order valence-electron chi connectivity index (χ3n) is 1.22. The summed E-state index contributed by atoms with van der Waals surface area (Å²) in [4.78, 5) is 31.8. The first kappa shape index (κ1) is 9.24. The van der Waals surface area contributed by atoms with Crippen molar-refractivity contribution in [1.29, 1.82) is 0 Å². The Labute approximate surface area is 73.1 Å². The highest BCUT2D eigenvalue weighted by Gasteiger charge is 2.06. The number of rotatable bonds is 2. The molecular formula is C7H8N2O4. The van der Waals surface area contributed by atoms with Gasteiger partial charge in [-0.15, -0.1) is 0 Å². The average Bonchev–Trinajstić information content (AvgIpc) is 2.33. The van der Waals surface area contributed by atoms with Crippen molar-refractivity contribution in [3.05, 3.63) is 22.6 Å². The Kier molecular flexibility index (Phi) is 2.63. The molecule has 6 heteroatoms. The van der Waals surface area contributed by atoms with Crippen molar-refractivity contribution in [3.8, 4) is 0 Å². The smallest absolute Gasteiger partial charge is 0.335 e. The van der Waals surface area contributed by atoms with Gasteiger partial charge in [-0.05, 0) is 0 Å². The SMILES string of the molecule is CC(=O)OC(=O)Cn1ccc(=O)[nH]1. The van der Waals surface area contributed by atoms with Crippen LogP contribution in [0.15, 0.2) is 17.1 Å². The van der Waals surface area contributed by atoms with Gasteiger partial charge in [-0.1, -0.05) is 0 Å². The van der Waals surface area contributed by atoms with E-state index in [9.17, 15) is 14.4 Å². The molecule has 0 aliphatic rings. The number of esters is 2. The highest BCUT2D eigenvalue weighted by atomic mass is 16.6. The lowest BCUT2D eigenvalue weighted by molar-refractivity contribution is -0.158. The van der Waals surface area contributed by atoms with Crippen molar-refractivity contribution < 1.29 is 14.3 Å². The zero-order chi connectivity index (χ0) is 9.84. The van der Waals surface area contributed by atoms with Gasteiger partial charge in [0, 0.05) is 19.2 Å². The molecule has 1 N–H and O–H groups in total. The summed E-state index contributed by atoms with van der Waals surface area (Å²) in [5.74, 6) is -1.38. The number of aromatic amines is 1. The van der Waals surface area contributed by atoms with Gasteiger partial charge in [-0.25, -0.2) is 4.79 Å². The Bertz CT molecular complexity index is 376. The Morgan fingerprint density at radius 2 is 2.31 bits per heavy atom. The van der Waals surface area contributed by atoms with E-state index >= 15 is 0 Å². The number of hydrogen-bond donors (Lipinski definition) is 1. The summed E-state index contributed by atoms with van der Waals surface area (Å²) in [5.41, 5.74) is -0.310. The van der Waals surface area contributed by atoms with Crippen molar-refractivity contribution in [2.45, 2.75) is 13.5 Å². The largest absolute Gasteiger partial charge is 0.392 e. The van der Waals surface area contributed by atoms with E-state index < -0.39 is 11.9 Å². The summed E-state index contributed by atoms with van der Waals surface area (Å²) in [6.07, 6.45) is 1.39. The lowest BCUT2D eigenvalue weighted by atomic mass is 10.6. The Morgan fingerprint density at radius 3 is 2.77 bits per heavy atom. The van der Waals surface area contributed by atoms with Crippen LogP contribution in [0.1, 0.15) is 6.92 Å². The fourth-order valence-corrected chi connectivity index (χ4v) is 0.798. The Morgan fingerprint density at radius 1 is 1.62 bits per heavy atom. The van der Waals surface area contributed by atoms with Crippen LogP contribution in [0.3, 0.4) is 0 Å². The molecule has 0 amide bonds. The Balaban J connectivity index is 2.55. The molecule has 0 saturated heterocycles. The zero-order valence-corrected chi connectivity index (χ0v) is 6.94. The molecule has 1 heterocycles. The van der Waals surface area contributed by atoms with E-state index in [0.717, 1.165) is 6.92 Å². The summed E-state index contributed by atoms with van der Waals surface area (Å²) in [5, 5.41) is 2.33. The second-order valence-corrected chi connectivity index (χ2v) is 2.39. The normalized spacial score (nSPS) is 9.62. The van der Waals surface area contributed by atoms with Gasteiger partial charge in [-0.3, -0.25) is 19.4 Å². The topological polar surface area (TPSA) is 81.2 Å². The van der Waals surface area contributed by atoms with Crippen LogP contribution in [0, 0.1) is 0 Å². The third-order valence-corrected chi connectivity index (χ3v) is 1.22. The number of carbonyl (C=O) groups is 2. The van der Waals surface area contributed by atoms with Gasteiger partial charge in [0.15, 0.2) is 0 Å². The molecule has 0 radical (unpaired) electrons. The first-order chi connectivity index (χ1) is 6.08. The number of aromatic nitrogens is 2. The van der Waals surface area contributed by atoms with E-state index in [0.29, 0.717) is 0 Å². The molecule has 0 fully saturated rings. The Hall–Kier alpha value is -1.85. The van der Waals surface area contributed by atoms with E-state index in [-0.39, 0.29) is 12.1 Å². The number of nitrogens with zero attached hydrogens (tertiary/aromatic N) is 1. The summed E-state index contributed by atoms with van der Waals surface area (Å²) < 4.78 is 5.47. The fraction of sp³-hybridized carbons (Fsp3) is 0.286. The maximum Gasteiger partial charge on any atom is 0.335 e. The van der Waals surface area contributed by atoms with Crippen LogP contribution < -0.4 is 5.56 Å². The molecule has 13 heavy (non-hydrogen) atoms. The van der Waals surface area contributed by atoms with E-state index in [1.165, 1.54) is 16.9 Å². The van der Waals surface area contributed by atoms with E-state index in [4.69, 9.17) is 0 Å². The molecule has 1 aromatic heterocycles. The molecule has 0 spiro atoms. The molecule has 0 aliphatic heterocycles. The molecule has 0 bridgehead atoms. The summed E-state index contributed by atoms with van der Waals surface area (Å²) in [7, 11) is 0. The van der Waals surface area contributed by atoms with Gasteiger partial charge in [0.05, 0.1) is 0 Å². The predicted octanol–water partition coefficient (Wildman–Crippen LogP) is -0.734. The van der Waals surface area contributed by atoms with Gasteiger partial charge in [-0.2, -0.15) is 0 Å².